The van der Waals surface area contributed by atoms with Gasteiger partial charge in [-0.25, -0.2) is 4.79 Å². The van der Waals surface area contributed by atoms with Crippen LogP contribution in [0, 0.1) is 0 Å². The number of ketones is 1. The molecule has 0 bridgehead atoms. The van der Waals surface area contributed by atoms with Crippen LogP contribution in [0.4, 0.5) is 0 Å². The highest BCUT2D eigenvalue weighted by Gasteiger charge is 2.20. The van der Waals surface area contributed by atoms with Crippen molar-refractivity contribution in [1.29, 1.82) is 0 Å². The van der Waals surface area contributed by atoms with Crippen LogP contribution < -0.4 is 5.56 Å². The van der Waals surface area contributed by atoms with Gasteiger partial charge in [0.05, 0.1) is 24.2 Å². The fraction of sp³-hybridized carbons (Fsp3) is 0.200. The third kappa shape index (κ3) is 3.27. The molecule has 0 aliphatic rings. The normalized spacial score (nSPS) is 10.7. The largest absolute Gasteiger partial charge is 0.481 e. The standard InChI is InChI=1S/C15H13NO7/c17-6-9-8-5-7(15(22)23)1-2-10(8)16-14(21)13(9)11(18)3-4-12(19)20/h1-2,5,17H,3-4,6H2,(H,16,21)(H,19,20)(H,22,23). The zero-order valence-electron chi connectivity index (χ0n) is 11.8. The van der Waals surface area contributed by atoms with E-state index in [1.165, 1.54) is 18.2 Å². The van der Waals surface area contributed by atoms with Crippen molar-refractivity contribution in [3.63, 3.8) is 0 Å². The Kier molecular flexibility index (Phi) is 4.56. The number of H-pyrrole nitrogens is 1. The van der Waals surface area contributed by atoms with Gasteiger partial charge in [-0.1, -0.05) is 0 Å². The SMILES string of the molecule is O=C(O)CCC(=O)c1c(CO)c2cc(C(=O)O)ccc2[nH]c1=O. The van der Waals surface area contributed by atoms with E-state index >= 15 is 0 Å². The number of carbonyl (C=O) groups excluding carboxylic acids is 1. The molecule has 1 aromatic carbocycles. The maximum Gasteiger partial charge on any atom is 0.335 e. The van der Waals surface area contributed by atoms with Crippen LogP contribution in [0.2, 0.25) is 0 Å². The zero-order valence-corrected chi connectivity index (χ0v) is 11.8. The predicted octanol–water partition coefficient (Wildman–Crippen LogP) is 0.766. The van der Waals surface area contributed by atoms with Crippen LogP contribution >= 0.6 is 0 Å². The lowest BCUT2D eigenvalue weighted by molar-refractivity contribution is -0.136. The second-order valence-corrected chi connectivity index (χ2v) is 4.85. The minimum atomic E-state index is -1.19. The van der Waals surface area contributed by atoms with E-state index in [1.807, 2.05) is 0 Å². The predicted molar refractivity (Wildman–Crippen MR) is 78.7 cm³/mol. The monoisotopic (exact) mass is 319 g/mol. The number of nitrogens with one attached hydrogen (secondary N) is 1. The van der Waals surface area contributed by atoms with Gasteiger partial charge in [-0.3, -0.25) is 14.4 Å². The highest BCUT2D eigenvalue weighted by Crippen LogP contribution is 2.21. The van der Waals surface area contributed by atoms with E-state index in [2.05, 4.69) is 4.98 Å². The van der Waals surface area contributed by atoms with Gasteiger partial charge < -0.3 is 20.3 Å². The number of pyridine rings is 1. The number of carboxylic acids is 2. The first-order chi connectivity index (χ1) is 10.8. The molecule has 0 saturated heterocycles. The molecule has 120 valence electrons. The van der Waals surface area contributed by atoms with Crippen molar-refractivity contribution < 1.29 is 29.7 Å². The molecule has 0 unspecified atom stereocenters. The summed E-state index contributed by atoms with van der Waals surface area (Å²) in [4.78, 5) is 48.2. The molecule has 0 amide bonds. The molecule has 0 saturated carbocycles. The summed E-state index contributed by atoms with van der Waals surface area (Å²) in [5.74, 6) is -3.10. The molecule has 0 fully saturated rings. The number of aliphatic carboxylic acids is 1. The Hall–Kier alpha value is -3.00. The average molecular weight is 319 g/mol. The fourth-order valence-electron chi connectivity index (χ4n) is 2.30. The molecular formula is C15H13NO7. The number of aromatic carboxylic acids is 1. The molecule has 4 N–H and O–H groups in total. The smallest absolute Gasteiger partial charge is 0.335 e. The Morgan fingerprint density at radius 1 is 1.09 bits per heavy atom. The Labute approximate surface area is 129 Å². The molecule has 23 heavy (non-hydrogen) atoms. The number of carboxylic acid groups (broad SMARTS) is 2. The van der Waals surface area contributed by atoms with Gasteiger partial charge in [0.25, 0.3) is 5.56 Å². The summed E-state index contributed by atoms with van der Waals surface area (Å²) in [7, 11) is 0. The van der Waals surface area contributed by atoms with Gasteiger partial charge in [0.2, 0.25) is 0 Å². The maximum atomic E-state index is 12.1. The summed E-state index contributed by atoms with van der Waals surface area (Å²) in [6.45, 7) is -0.655. The molecule has 2 rings (SSSR count). The average Bonchev–Trinajstić information content (AvgIpc) is 2.50. The maximum absolute atomic E-state index is 12.1. The number of benzene rings is 1. The van der Waals surface area contributed by atoms with E-state index < -0.39 is 42.7 Å². The summed E-state index contributed by atoms with van der Waals surface area (Å²) in [5.41, 5.74) is -0.895. The van der Waals surface area contributed by atoms with Crippen LogP contribution in [0.5, 0.6) is 0 Å². The number of aliphatic hydroxyl groups is 1. The van der Waals surface area contributed by atoms with Gasteiger partial charge in [0.1, 0.15) is 0 Å². The lowest BCUT2D eigenvalue weighted by atomic mass is 9.97. The zero-order chi connectivity index (χ0) is 17.1. The van der Waals surface area contributed by atoms with Crippen molar-refractivity contribution in [2.75, 3.05) is 0 Å². The Morgan fingerprint density at radius 2 is 1.78 bits per heavy atom. The summed E-state index contributed by atoms with van der Waals surface area (Å²) in [6.07, 6.45) is -0.841. The first-order valence-electron chi connectivity index (χ1n) is 6.63. The Morgan fingerprint density at radius 3 is 2.35 bits per heavy atom. The highest BCUT2D eigenvalue weighted by molar-refractivity contribution is 6.03. The van der Waals surface area contributed by atoms with Crippen molar-refractivity contribution in [2.45, 2.75) is 19.4 Å². The minimum absolute atomic E-state index is 0.0118. The van der Waals surface area contributed by atoms with Crippen LogP contribution in [0.1, 0.15) is 39.1 Å². The van der Waals surface area contributed by atoms with Crippen molar-refractivity contribution in [1.82, 2.24) is 4.98 Å². The van der Waals surface area contributed by atoms with Crippen molar-refractivity contribution in [3.05, 3.63) is 45.2 Å². The molecular weight excluding hydrogens is 306 g/mol. The van der Waals surface area contributed by atoms with E-state index in [4.69, 9.17) is 10.2 Å². The van der Waals surface area contributed by atoms with Crippen LogP contribution in [0.25, 0.3) is 10.9 Å². The number of fused-ring (bicyclic) bond motifs is 1. The lowest BCUT2D eigenvalue weighted by Crippen LogP contribution is -2.22. The van der Waals surface area contributed by atoms with Gasteiger partial charge in [-0.15, -0.1) is 0 Å². The third-order valence-electron chi connectivity index (χ3n) is 3.37. The molecule has 2 aromatic rings. The van der Waals surface area contributed by atoms with Crippen LogP contribution in [-0.4, -0.2) is 38.0 Å². The summed E-state index contributed by atoms with van der Waals surface area (Å²) < 4.78 is 0. The Balaban J connectivity index is 2.66. The van der Waals surface area contributed by atoms with Crippen molar-refractivity contribution in [3.8, 4) is 0 Å². The van der Waals surface area contributed by atoms with Crippen molar-refractivity contribution >= 4 is 28.6 Å². The second kappa shape index (κ2) is 6.41. The van der Waals surface area contributed by atoms with Crippen LogP contribution in [0.3, 0.4) is 0 Å². The first-order valence-corrected chi connectivity index (χ1v) is 6.63. The molecule has 1 aromatic heterocycles. The van der Waals surface area contributed by atoms with E-state index in [1.54, 1.807) is 0 Å². The Bertz CT molecular complexity index is 866. The number of Topliss-reactive ketones (excluding diaryl/α,β-unsaturated/α-hetero) is 1. The number of aromatic amines is 1. The van der Waals surface area contributed by atoms with Crippen molar-refractivity contribution in [2.24, 2.45) is 0 Å². The molecule has 8 heteroatoms. The fourth-order valence-corrected chi connectivity index (χ4v) is 2.30. The summed E-state index contributed by atoms with van der Waals surface area (Å²) in [5, 5.41) is 27.4. The quantitative estimate of drug-likeness (QED) is 0.575. The molecule has 0 atom stereocenters. The van der Waals surface area contributed by atoms with E-state index in [-0.39, 0.29) is 27.6 Å². The highest BCUT2D eigenvalue weighted by atomic mass is 16.4. The van der Waals surface area contributed by atoms with Crippen LogP contribution in [-0.2, 0) is 11.4 Å². The van der Waals surface area contributed by atoms with Gasteiger partial charge in [0, 0.05) is 22.9 Å². The number of carbonyl (C=O) groups is 3. The molecule has 0 radical (unpaired) electrons. The number of rotatable bonds is 6. The lowest BCUT2D eigenvalue weighted by Gasteiger charge is -2.10. The molecule has 1 heterocycles. The second-order valence-electron chi connectivity index (χ2n) is 4.85. The molecule has 0 aliphatic carbocycles. The van der Waals surface area contributed by atoms with E-state index in [9.17, 15) is 24.3 Å². The minimum Gasteiger partial charge on any atom is -0.481 e. The summed E-state index contributed by atoms with van der Waals surface area (Å²) in [6, 6.07) is 3.89. The molecule has 0 aliphatic heterocycles. The number of aromatic nitrogens is 1. The van der Waals surface area contributed by atoms with E-state index in [0.717, 1.165) is 0 Å². The molecule has 0 spiro atoms. The number of aliphatic hydroxyl groups excluding tert-OH is 1. The van der Waals surface area contributed by atoms with E-state index in [0.29, 0.717) is 0 Å². The molecule has 8 nitrogen and oxygen atoms in total. The number of hydrogen-bond acceptors (Lipinski definition) is 5. The van der Waals surface area contributed by atoms with Gasteiger partial charge in [0.15, 0.2) is 5.78 Å². The topological polar surface area (TPSA) is 145 Å². The van der Waals surface area contributed by atoms with Crippen LogP contribution in [0.15, 0.2) is 23.0 Å². The van der Waals surface area contributed by atoms with Gasteiger partial charge in [-0.05, 0) is 18.2 Å². The van der Waals surface area contributed by atoms with Gasteiger partial charge >= 0.3 is 11.9 Å². The third-order valence-corrected chi connectivity index (χ3v) is 3.37. The summed E-state index contributed by atoms with van der Waals surface area (Å²) >= 11 is 0. The number of hydrogen-bond donors (Lipinski definition) is 4. The van der Waals surface area contributed by atoms with Gasteiger partial charge in [-0.2, -0.15) is 0 Å². The first kappa shape index (κ1) is 16.4.